The maximum atomic E-state index is 11.8. The lowest BCUT2D eigenvalue weighted by Crippen LogP contribution is -2.17. The molecule has 2 aromatic carbocycles. The number of hydrogen-bond donors (Lipinski definition) is 2. The van der Waals surface area contributed by atoms with Gasteiger partial charge < -0.3 is 19.7 Å². The van der Waals surface area contributed by atoms with Crippen LogP contribution in [0.4, 0.5) is 26.3 Å². The zero-order chi connectivity index (χ0) is 23.9. The van der Waals surface area contributed by atoms with Crippen molar-refractivity contribution in [3.8, 4) is 35.7 Å². The lowest BCUT2D eigenvalue weighted by atomic mass is 10.2. The largest absolute Gasteiger partial charge is 0.573 e. The Hall–Kier alpha value is -2.61. The Kier molecular flexibility index (Phi) is 13.2. The summed E-state index contributed by atoms with van der Waals surface area (Å²) in [5.74, 6) is 6.27. The highest BCUT2D eigenvalue weighted by Gasteiger charge is 2.31. The summed E-state index contributed by atoms with van der Waals surface area (Å²) < 4.78 is 78.5. The van der Waals surface area contributed by atoms with Gasteiger partial charge in [0, 0.05) is 9.13 Å². The van der Waals surface area contributed by atoms with Crippen molar-refractivity contribution in [2.24, 2.45) is 0 Å². The van der Waals surface area contributed by atoms with Gasteiger partial charge in [-0.25, -0.2) is 0 Å². The smallest absolute Gasteiger partial charge is 0.406 e. The Labute approximate surface area is 187 Å². The van der Waals surface area contributed by atoms with Gasteiger partial charge in [-0.05, 0) is 59.0 Å². The van der Waals surface area contributed by atoms with Crippen LogP contribution in [0.25, 0.3) is 0 Å². The maximum absolute atomic E-state index is 11.8. The molecule has 168 valence electrons. The minimum Gasteiger partial charge on any atom is -0.406 e. The Morgan fingerprint density at radius 3 is 1.74 bits per heavy atom. The molecule has 0 spiro atoms. The minimum atomic E-state index is -4.71. The Morgan fingerprint density at radius 1 is 0.839 bits per heavy atom. The second-order valence-corrected chi connectivity index (χ2v) is 6.15. The van der Waals surface area contributed by atoms with Crippen LogP contribution in [-0.2, 0) is 0 Å². The molecule has 0 aliphatic carbocycles. The highest BCUT2D eigenvalue weighted by atomic mass is 127. The molecule has 0 bridgehead atoms. The van der Waals surface area contributed by atoms with Gasteiger partial charge in [0.1, 0.15) is 24.7 Å². The van der Waals surface area contributed by atoms with E-state index in [1.165, 1.54) is 36.4 Å². The first-order valence-electron chi connectivity index (χ1n) is 7.91. The quantitative estimate of drug-likeness (QED) is 0.317. The van der Waals surface area contributed by atoms with Crippen molar-refractivity contribution >= 4 is 22.6 Å². The van der Waals surface area contributed by atoms with Crippen molar-refractivity contribution in [2.75, 3.05) is 13.2 Å². The fraction of sp³-hybridized carbons (Fsp3) is 0.200. The number of terminal acetylenes is 1. The molecule has 2 aromatic rings. The molecule has 0 aromatic heterocycles. The molecule has 4 nitrogen and oxygen atoms in total. The standard InChI is InChI=1S/C10H7F3O2.C7H4F3IO.C3H4O/c11-10(12,13)15-9-5-1-3-8(7-9)4-2-6-14;8-7(9,10)12-6-3-1-2-5(11)4-6;1-2-3-4/h1,3,5,7,14H,6H2;1-4H;1,4H,3H2. The molecule has 0 atom stereocenters. The number of aliphatic hydroxyl groups is 2. The van der Waals surface area contributed by atoms with Gasteiger partial charge in [-0.15, -0.1) is 32.8 Å². The van der Waals surface area contributed by atoms with Gasteiger partial charge >= 0.3 is 12.7 Å². The lowest BCUT2D eigenvalue weighted by molar-refractivity contribution is -0.275. The third-order valence-corrected chi connectivity index (χ3v) is 3.17. The van der Waals surface area contributed by atoms with E-state index >= 15 is 0 Å². The summed E-state index contributed by atoms with van der Waals surface area (Å²) >= 11 is 1.91. The monoisotopic (exact) mass is 560 g/mol. The van der Waals surface area contributed by atoms with E-state index in [4.69, 9.17) is 10.2 Å². The molecule has 0 heterocycles. The number of halogens is 7. The molecule has 0 fully saturated rings. The average Bonchev–Trinajstić information content (AvgIpc) is 2.65. The van der Waals surface area contributed by atoms with Gasteiger partial charge in [0.2, 0.25) is 0 Å². The second-order valence-electron chi connectivity index (χ2n) is 4.90. The summed E-state index contributed by atoms with van der Waals surface area (Å²) in [7, 11) is 0. The number of alkyl halides is 6. The summed E-state index contributed by atoms with van der Waals surface area (Å²) in [6.07, 6.45) is -4.78. The second kappa shape index (κ2) is 14.4. The third-order valence-electron chi connectivity index (χ3n) is 2.50. The molecule has 0 saturated heterocycles. The van der Waals surface area contributed by atoms with E-state index in [0.717, 1.165) is 6.07 Å². The van der Waals surface area contributed by atoms with Gasteiger partial charge in [-0.3, -0.25) is 0 Å². The zero-order valence-electron chi connectivity index (χ0n) is 15.5. The Balaban J connectivity index is 0.000000504. The molecular formula is C20H15F6IO4. The molecular weight excluding hydrogens is 545 g/mol. The number of rotatable bonds is 2. The maximum Gasteiger partial charge on any atom is 0.573 e. The fourth-order valence-corrected chi connectivity index (χ4v) is 2.09. The summed E-state index contributed by atoms with van der Waals surface area (Å²) in [5.41, 5.74) is 0.353. The van der Waals surface area contributed by atoms with E-state index in [-0.39, 0.29) is 24.7 Å². The Morgan fingerprint density at radius 2 is 1.32 bits per heavy atom. The van der Waals surface area contributed by atoms with E-state index in [9.17, 15) is 26.3 Å². The van der Waals surface area contributed by atoms with Crippen molar-refractivity contribution in [1.29, 1.82) is 0 Å². The fourth-order valence-electron chi connectivity index (χ4n) is 1.58. The Bertz CT molecular complexity index is 895. The van der Waals surface area contributed by atoms with Crippen molar-refractivity contribution < 1.29 is 46.0 Å². The first-order valence-corrected chi connectivity index (χ1v) is 8.99. The van der Waals surface area contributed by atoms with Gasteiger partial charge in [0.15, 0.2) is 0 Å². The van der Waals surface area contributed by atoms with E-state index < -0.39 is 12.7 Å². The van der Waals surface area contributed by atoms with Crippen LogP contribution in [0.2, 0.25) is 0 Å². The van der Waals surface area contributed by atoms with Crippen LogP contribution in [0.1, 0.15) is 5.56 Å². The SMILES string of the molecule is C#CCO.FC(F)(F)Oc1cccc(I)c1.OCC#Cc1cccc(OC(F)(F)F)c1. The molecule has 0 aliphatic rings. The van der Waals surface area contributed by atoms with Gasteiger partial charge in [0.25, 0.3) is 0 Å². The van der Waals surface area contributed by atoms with E-state index in [1.54, 1.807) is 6.07 Å². The number of aliphatic hydroxyl groups excluding tert-OH is 2. The number of benzene rings is 2. The topological polar surface area (TPSA) is 58.9 Å². The van der Waals surface area contributed by atoms with Crippen molar-refractivity contribution in [3.05, 3.63) is 57.7 Å². The normalized spacial score (nSPS) is 10.1. The third kappa shape index (κ3) is 16.8. The van der Waals surface area contributed by atoms with Crippen LogP contribution >= 0.6 is 22.6 Å². The van der Waals surface area contributed by atoms with Crippen LogP contribution in [0.5, 0.6) is 11.5 Å². The van der Waals surface area contributed by atoms with Crippen LogP contribution in [0, 0.1) is 27.8 Å². The predicted molar refractivity (Wildman–Crippen MR) is 109 cm³/mol. The van der Waals surface area contributed by atoms with Crippen LogP contribution < -0.4 is 9.47 Å². The molecule has 0 saturated carbocycles. The first-order chi connectivity index (χ1) is 14.4. The minimum absolute atomic E-state index is 0.153. The summed E-state index contributed by atoms with van der Waals surface area (Å²) in [4.78, 5) is 0. The molecule has 0 amide bonds. The van der Waals surface area contributed by atoms with Gasteiger partial charge in [-0.2, -0.15) is 0 Å². The lowest BCUT2D eigenvalue weighted by Gasteiger charge is -2.08. The predicted octanol–water partition coefficient (Wildman–Crippen LogP) is 4.73. The number of ether oxygens (including phenoxy) is 2. The summed E-state index contributed by atoms with van der Waals surface area (Å²) in [6, 6.07) is 11.0. The molecule has 2 rings (SSSR count). The molecule has 0 aliphatic heterocycles. The first kappa shape index (κ1) is 28.4. The zero-order valence-corrected chi connectivity index (χ0v) is 17.6. The van der Waals surface area contributed by atoms with Crippen LogP contribution in [-0.4, -0.2) is 36.2 Å². The molecule has 31 heavy (non-hydrogen) atoms. The van der Waals surface area contributed by atoms with E-state index in [1.807, 2.05) is 28.5 Å². The summed E-state index contributed by atoms with van der Waals surface area (Å²) in [6.45, 7) is -0.496. The van der Waals surface area contributed by atoms with Gasteiger partial charge in [0.05, 0.1) is 0 Å². The van der Waals surface area contributed by atoms with Crippen molar-refractivity contribution in [1.82, 2.24) is 0 Å². The molecule has 0 unspecified atom stereocenters. The molecule has 2 N–H and O–H groups in total. The van der Waals surface area contributed by atoms with Gasteiger partial charge in [-0.1, -0.05) is 29.9 Å². The average molecular weight is 560 g/mol. The van der Waals surface area contributed by atoms with Crippen molar-refractivity contribution in [3.63, 3.8) is 0 Å². The van der Waals surface area contributed by atoms with Crippen LogP contribution in [0.3, 0.4) is 0 Å². The number of hydrogen-bond acceptors (Lipinski definition) is 4. The summed E-state index contributed by atoms with van der Waals surface area (Å²) in [5, 5.41) is 16.0. The highest BCUT2D eigenvalue weighted by Crippen LogP contribution is 2.24. The van der Waals surface area contributed by atoms with Crippen LogP contribution in [0.15, 0.2) is 48.5 Å². The van der Waals surface area contributed by atoms with E-state index in [0.29, 0.717) is 9.13 Å². The van der Waals surface area contributed by atoms with Crippen molar-refractivity contribution in [2.45, 2.75) is 12.7 Å². The highest BCUT2D eigenvalue weighted by molar-refractivity contribution is 14.1. The molecule has 0 radical (unpaired) electrons. The van der Waals surface area contributed by atoms with E-state index in [2.05, 4.69) is 27.7 Å². The molecule has 11 heteroatoms.